The topological polar surface area (TPSA) is 64.6 Å². The summed E-state index contributed by atoms with van der Waals surface area (Å²) in [4.78, 5) is 14.2. The van der Waals surface area contributed by atoms with Crippen LogP contribution in [0.1, 0.15) is 42.9 Å². The maximum Gasteiger partial charge on any atom is 0.314 e. The summed E-state index contributed by atoms with van der Waals surface area (Å²) in [6, 6.07) is 8.44. The van der Waals surface area contributed by atoms with Gasteiger partial charge in [0.05, 0.1) is 12.1 Å². The first-order valence-corrected chi connectivity index (χ1v) is 8.88. The van der Waals surface area contributed by atoms with E-state index in [4.69, 9.17) is 0 Å². The summed E-state index contributed by atoms with van der Waals surface area (Å²) in [5, 5.41) is 15.6. The number of nitrogens with zero attached hydrogens (tertiary/aromatic N) is 1. The van der Waals surface area contributed by atoms with Gasteiger partial charge in [0.2, 0.25) is 0 Å². The van der Waals surface area contributed by atoms with Crippen LogP contribution in [0.25, 0.3) is 0 Å². The molecule has 1 aromatic carbocycles. The first-order chi connectivity index (χ1) is 11.5. The van der Waals surface area contributed by atoms with Crippen LogP contribution in [-0.4, -0.2) is 49.3 Å². The molecule has 2 amide bonds. The Labute approximate surface area is 145 Å². The molecule has 3 atom stereocenters. The Morgan fingerprint density at radius 1 is 1.25 bits per heavy atom. The second kappa shape index (κ2) is 9.04. The van der Waals surface area contributed by atoms with E-state index in [0.29, 0.717) is 19.0 Å². The average Bonchev–Trinajstić information content (AvgIpc) is 2.54. The third-order valence-corrected chi connectivity index (χ3v) is 4.85. The van der Waals surface area contributed by atoms with Crippen molar-refractivity contribution < 1.29 is 9.90 Å². The summed E-state index contributed by atoms with van der Waals surface area (Å²) in [6.45, 7) is 3.28. The van der Waals surface area contributed by atoms with Gasteiger partial charge in [-0.1, -0.05) is 36.2 Å². The molecule has 0 heterocycles. The zero-order chi connectivity index (χ0) is 17.5. The maximum absolute atomic E-state index is 12.1. The predicted molar refractivity (Wildman–Crippen MR) is 97.0 cm³/mol. The lowest BCUT2D eigenvalue weighted by Gasteiger charge is -2.27. The second-order valence-corrected chi connectivity index (χ2v) is 7.17. The molecule has 0 aliphatic heterocycles. The molecule has 0 aromatic heterocycles. The van der Waals surface area contributed by atoms with Crippen molar-refractivity contribution in [1.29, 1.82) is 0 Å². The molecule has 0 radical (unpaired) electrons. The monoisotopic (exact) mass is 333 g/mol. The number of hydrogen-bond donors (Lipinski definition) is 3. The second-order valence-electron chi connectivity index (χ2n) is 7.17. The van der Waals surface area contributed by atoms with Crippen molar-refractivity contribution in [2.24, 2.45) is 5.92 Å². The van der Waals surface area contributed by atoms with E-state index in [2.05, 4.69) is 46.7 Å². The van der Waals surface area contributed by atoms with Crippen LogP contribution in [0.3, 0.4) is 0 Å². The molecule has 1 saturated carbocycles. The van der Waals surface area contributed by atoms with Crippen LogP contribution in [0.15, 0.2) is 24.3 Å². The first kappa shape index (κ1) is 18.7. The summed E-state index contributed by atoms with van der Waals surface area (Å²) in [5.74, 6) is 0.390. The van der Waals surface area contributed by atoms with Crippen LogP contribution in [0.4, 0.5) is 4.79 Å². The molecule has 3 unspecified atom stereocenters. The van der Waals surface area contributed by atoms with E-state index in [9.17, 15) is 9.90 Å². The molecule has 3 N–H and O–H groups in total. The van der Waals surface area contributed by atoms with Crippen molar-refractivity contribution in [3.63, 3.8) is 0 Å². The van der Waals surface area contributed by atoms with E-state index < -0.39 is 0 Å². The van der Waals surface area contributed by atoms with Crippen molar-refractivity contribution >= 4 is 6.03 Å². The van der Waals surface area contributed by atoms with Gasteiger partial charge in [-0.15, -0.1) is 0 Å². The zero-order valence-electron chi connectivity index (χ0n) is 15.1. The SMILES string of the molecule is Cc1ccc(C(CNC(=O)NCC2CCCC(O)C2)N(C)C)cc1. The van der Waals surface area contributed by atoms with Crippen LogP contribution in [0.2, 0.25) is 0 Å². The quantitative estimate of drug-likeness (QED) is 0.749. The van der Waals surface area contributed by atoms with Gasteiger partial charge in [-0.3, -0.25) is 0 Å². The smallest absolute Gasteiger partial charge is 0.314 e. The molecule has 5 nitrogen and oxygen atoms in total. The summed E-state index contributed by atoms with van der Waals surface area (Å²) >= 11 is 0. The molecule has 2 rings (SSSR count). The van der Waals surface area contributed by atoms with Gasteiger partial charge in [0.1, 0.15) is 0 Å². The minimum absolute atomic E-state index is 0.131. The van der Waals surface area contributed by atoms with E-state index >= 15 is 0 Å². The number of aliphatic hydroxyl groups excluding tert-OH is 1. The molecule has 1 fully saturated rings. The van der Waals surface area contributed by atoms with E-state index in [1.165, 1.54) is 11.1 Å². The molecule has 1 aromatic rings. The Balaban J connectivity index is 1.78. The first-order valence-electron chi connectivity index (χ1n) is 8.88. The lowest BCUT2D eigenvalue weighted by atomic mass is 9.87. The summed E-state index contributed by atoms with van der Waals surface area (Å²) < 4.78 is 0. The van der Waals surface area contributed by atoms with Crippen molar-refractivity contribution in [2.45, 2.75) is 44.8 Å². The third kappa shape index (κ3) is 5.80. The van der Waals surface area contributed by atoms with Gasteiger partial charge in [0.15, 0.2) is 0 Å². The molecule has 0 saturated heterocycles. The molecule has 1 aliphatic rings. The Kier molecular flexibility index (Phi) is 7.06. The number of benzene rings is 1. The largest absolute Gasteiger partial charge is 0.393 e. The number of carbonyl (C=O) groups is 1. The molecule has 5 heteroatoms. The van der Waals surface area contributed by atoms with Crippen molar-refractivity contribution in [2.75, 3.05) is 27.2 Å². The molecule has 24 heavy (non-hydrogen) atoms. The van der Waals surface area contributed by atoms with Gasteiger partial charge in [-0.05, 0) is 51.8 Å². The molecule has 1 aliphatic carbocycles. The molecule has 0 spiro atoms. The predicted octanol–water partition coefficient (Wildman–Crippen LogP) is 2.45. The zero-order valence-corrected chi connectivity index (χ0v) is 15.1. The highest BCUT2D eigenvalue weighted by molar-refractivity contribution is 5.73. The fraction of sp³-hybridized carbons (Fsp3) is 0.632. The number of aryl methyl sites for hydroxylation is 1. The highest BCUT2D eigenvalue weighted by atomic mass is 16.3. The van der Waals surface area contributed by atoms with E-state index in [0.717, 1.165) is 25.7 Å². The van der Waals surface area contributed by atoms with E-state index in [1.54, 1.807) is 0 Å². The minimum Gasteiger partial charge on any atom is -0.393 e. The van der Waals surface area contributed by atoms with E-state index in [-0.39, 0.29) is 18.2 Å². The molecular formula is C19H31N3O2. The number of hydrogen-bond acceptors (Lipinski definition) is 3. The number of amides is 2. The fourth-order valence-electron chi connectivity index (χ4n) is 3.32. The number of likely N-dealkylation sites (N-methyl/N-ethyl adjacent to an activating group) is 1. The number of urea groups is 1. The number of aliphatic hydroxyl groups is 1. The Bertz CT molecular complexity index is 516. The van der Waals surface area contributed by atoms with Gasteiger partial charge in [0.25, 0.3) is 0 Å². The number of nitrogens with one attached hydrogen (secondary N) is 2. The van der Waals surface area contributed by atoms with Crippen LogP contribution in [0, 0.1) is 12.8 Å². The van der Waals surface area contributed by atoms with Gasteiger partial charge >= 0.3 is 6.03 Å². The normalized spacial score (nSPS) is 22.2. The Hall–Kier alpha value is -1.59. The van der Waals surface area contributed by atoms with Gasteiger partial charge in [-0.2, -0.15) is 0 Å². The lowest BCUT2D eigenvalue weighted by Crippen LogP contribution is -2.42. The van der Waals surface area contributed by atoms with Gasteiger partial charge in [0, 0.05) is 13.1 Å². The minimum atomic E-state index is -0.201. The van der Waals surface area contributed by atoms with Gasteiger partial charge < -0.3 is 20.6 Å². The molecule has 0 bridgehead atoms. The summed E-state index contributed by atoms with van der Waals surface area (Å²) in [6.07, 6.45) is 3.62. The van der Waals surface area contributed by atoms with Crippen LogP contribution < -0.4 is 10.6 Å². The van der Waals surface area contributed by atoms with E-state index in [1.807, 2.05) is 14.1 Å². The fourth-order valence-corrected chi connectivity index (χ4v) is 3.32. The summed E-state index contributed by atoms with van der Waals surface area (Å²) in [5.41, 5.74) is 2.43. The number of rotatable bonds is 6. The van der Waals surface area contributed by atoms with Crippen LogP contribution in [-0.2, 0) is 0 Å². The van der Waals surface area contributed by atoms with Crippen molar-refractivity contribution in [3.8, 4) is 0 Å². The maximum atomic E-state index is 12.1. The third-order valence-electron chi connectivity index (χ3n) is 4.85. The van der Waals surface area contributed by atoms with Crippen molar-refractivity contribution in [1.82, 2.24) is 15.5 Å². The highest BCUT2D eigenvalue weighted by Gasteiger charge is 2.21. The Morgan fingerprint density at radius 2 is 1.96 bits per heavy atom. The van der Waals surface area contributed by atoms with Gasteiger partial charge in [-0.25, -0.2) is 4.79 Å². The molecular weight excluding hydrogens is 302 g/mol. The standard InChI is InChI=1S/C19H31N3O2/c1-14-7-9-16(10-8-14)18(22(2)3)13-21-19(24)20-12-15-5-4-6-17(23)11-15/h7-10,15,17-18,23H,4-6,11-13H2,1-3H3,(H2,20,21,24). The number of carbonyl (C=O) groups excluding carboxylic acids is 1. The summed E-state index contributed by atoms with van der Waals surface area (Å²) in [7, 11) is 4.04. The Morgan fingerprint density at radius 3 is 2.58 bits per heavy atom. The lowest BCUT2D eigenvalue weighted by molar-refractivity contribution is 0.101. The van der Waals surface area contributed by atoms with Crippen molar-refractivity contribution in [3.05, 3.63) is 35.4 Å². The molecule has 134 valence electrons. The van der Waals surface area contributed by atoms with Crippen LogP contribution >= 0.6 is 0 Å². The highest BCUT2D eigenvalue weighted by Crippen LogP contribution is 2.23. The van der Waals surface area contributed by atoms with Crippen LogP contribution in [0.5, 0.6) is 0 Å². The average molecular weight is 333 g/mol.